The molecule has 0 fully saturated rings. The Labute approximate surface area is 115 Å². The van der Waals surface area contributed by atoms with Gasteiger partial charge in [0.1, 0.15) is 0 Å². The average Bonchev–Trinajstić information content (AvgIpc) is 2.77. The van der Waals surface area contributed by atoms with Crippen LogP contribution in [-0.2, 0) is 0 Å². The predicted octanol–water partition coefficient (Wildman–Crippen LogP) is 3.15. The first kappa shape index (κ1) is 13.6. The van der Waals surface area contributed by atoms with Gasteiger partial charge in [-0.3, -0.25) is 10.1 Å². The molecule has 1 aromatic carbocycles. The highest BCUT2D eigenvalue weighted by atomic mass is 35.5. The van der Waals surface area contributed by atoms with Gasteiger partial charge in [0.25, 0.3) is 5.69 Å². The number of nitro groups is 1. The van der Waals surface area contributed by atoms with Crippen molar-refractivity contribution in [2.24, 2.45) is 5.92 Å². The number of H-pyrrole nitrogens is 1. The van der Waals surface area contributed by atoms with Crippen molar-refractivity contribution in [3.05, 3.63) is 28.3 Å². The summed E-state index contributed by atoms with van der Waals surface area (Å²) in [6.45, 7) is 4.67. The van der Waals surface area contributed by atoms with Gasteiger partial charge in [0.15, 0.2) is 0 Å². The normalized spacial score (nSPS) is 12.8. The number of imidazole rings is 1. The van der Waals surface area contributed by atoms with Crippen LogP contribution in [0.4, 0.5) is 11.6 Å². The van der Waals surface area contributed by atoms with E-state index in [0.29, 0.717) is 29.4 Å². The summed E-state index contributed by atoms with van der Waals surface area (Å²) in [4.78, 5) is 17.5. The molecule has 0 spiro atoms. The van der Waals surface area contributed by atoms with Crippen molar-refractivity contribution in [2.45, 2.75) is 19.2 Å². The molecule has 1 aromatic heterocycles. The van der Waals surface area contributed by atoms with Crippen molar-refractivity contribution in [2.75, 3.05) is 11.9 Å². The van der Waals surface area contributed by atoms with Crippen molar-refractivity contribution in [1.29, 1.82) is 0 Å². The van der Waals surface area contributed by atoms with E-state index in [1.165, 1.54) is 12.1 Å². The van der Waals surface area contributed by atoms with Gasteiger partial charge in [0, 0.05) is 18.7 Å². The van der Waals surface area contributed by atoms with E-state index in [2.05, 4.69) is 15.3 Å². The van der Waals surface area contributed by atoms with Crippen molar-refractivity contribution in [3.8, 4) is 0 Å². The van der Waals surface area contributed by atoms with Crippen molar-refractivity contribution in [1.82, 2.24) is 9.97 Å². The van der Waals surface area contributed by atoms with E-state index in [-0.39, 0.29) is 11.1 Å². The molecule has 0 aliphatic heterocycles. The third kappa shape index (κ3) is 3.14. The summed E-state index contributed by atoms with van der Waals surface area (Å²) in [6, 6.07) is 4.52. The van der Waals surface area contributed by atoms with Gasteiger partial charge in [-0.05, 0) is 12.0 Å². The van der Waals surface area contributed by atoms with Gasteiger partial charge in [0.2, 0.25) is 5.95 Å². The fraction of sp³-hybridized carbons (Fsp3) is 0.417. The molecule has 102 valence electrons. The number of nitrogens with one attached hydrogen (secondary N) is 2. The molecule has 19 heavy (non-hydrogen) atoms. The van der Waals surface area contributed by atoms with Gasteiger partial charge in [-0.15, -0.1) is 11.6 Å². The first-order chi connectivity index (χ1) is 8.97. The second-order valence-corrected chi connectivity index (χ2v) is 5.25. The van der Waals surface area contributed by atoms with Crippen molar-refractivity contribution >= 4 is 34.3 Å². The van der Waals surface area contributed by atoms with Crippen LogP contribution < -0.4 is 5.32 Å². The van der Waals surface area contributed by atoms with E-state index in [9.17, 15) is 10.1 Å². The van der Waals surface area contributed by atoms with Gasteiger partial charge < -0.3 is 10.3 Å². The molecule has 0 saturated heterocycles. The van der Waals surface area contributed by atoms with Gasteiger partial charge in [-0.1, -0.05) is 13.8 Å². The van der Waals surface area contributed by atoms with Crippen LogP contribution in [0, 0.1) is 16.0 Å². The molecule has 2 N–H and O–H groups in total. The largest absolute Gasteiger partial charge is 0.354 e. The number of non-ortho nitro benzene ring substituents is 1. The Morgan fingerprint density at radius 1 is 1.53 bits per heavy atom. The number of aromatic nitrogens is 2. The zero-order valence-electron chi connectivity index (χ0n) is 10.7. The highest BCUT2D eigenvalue weighted by Gasteiger charge is 2.12. The fourth-order valence-corrected chi connectivity index (χ4v) is 1.70. The molecule has 0 aliphatic rings. The van der Waals surface area contributed by atoms with Crippen molar-refractivity contribution in [3.63, 3.8) is 0 Å². The fourth-order valence-electron chi connectivity index (χ4n) is 1.62. The number of benzene rings is 1. The maximum Gasteiger partial charge on any atom is 0.271 e. The molecule has 1 heterocycles. The van der Waals surface area contributed by atoms with E-state index in [4.69, 9.17) is 11.6 Å². The van der Waals surface area contributed by atoms with Crippen molar-refractivity contribution < 1.29 is 4.92 Å². The van der Waals surface area contributed by atoms with Crippen LogP contribution in [0.5, 0.6) is 0 Å². The zero-order chi connectivity index (χ0) is 14.0. The monoisotopic (exact) mass is 282 g/mol. The van der Waals surface area contributed by atoms with Gasteiger partial charge in [-0.25, -0.2) is 4.98 Å². The maximum atomic E-state index is 10.7. The van der Waals surface area contributed by atoms with E-state index in [0.717, 1.165) is 0 Å². The quantitative estimate of drug-likeness (QED) is 0.501. The second kappa shape index (κ2) is 5.44. The standard InChI is InChI=1S/C12H15ClN4O2/c1-7(2)9(13)6-14-12-15-10-4-3-8(17(18)19)5-11(10)16-12/h3-5,7,9H,6H2,1-2H3,(H2,14,15,16). The zero-order valence-corrected chi connectivity index (χ0v) is 11.4. The third-order valence-electron chi connectivity index (χ3n) is 2.86. The lowest BCUT2D eigenvalue weighted by atomic mass is 10.1. The highest BCUT2D eigenvalue weighted by molar-refractivity contribution is 6.21. The van der Waals surface area contributed by atoms with E-state index < -0.39 is 4.92 Å². The molecule has 6 nitrogen and oxygen atoms in total. The number of rotatable bonds is 5. The van der Waals surface area contributed by atoms with Gasteiger partial charge in [0.05, 0.1) is 21.3 Å². The van der Waals surface area contributed by atoms with Crippen LogP contribution in [-0.4, -0.2) is 26.8 Å². The number of fused-ring (bicyclic) bond motifs is 1. The number of nitro benzene ring substituents is 1. The molecule has 1 unspecified atom stereocenters. The van der Waals surface area contributed by atoms with Crippen LogP contribution in [0.3, 0.4) is 0 Å². The maximum absolute atomic E-state index is 10.7. The number of aromatic amines is 1. The number of hydrogen-bond donors (Lipinski definition) is 2. The molecule has 0 amide bonds. The van der Waals surface area contributed by atoms with Gasteiger partial charge >= 0.3 is 0 Å². The Hall–Kier alpha value is -1.82. The SMILES string of the molecule is CC(C)C(Cl)CNc1nc2ccc([N+](=O)[O-])cc2[nH]1. The number of nitrogens with zero attached hydrogens (tertiary/aromatic N) is 2. The Morgan fingerprint density at radius 2 is 2.26 bits per heavy atom. The number of alkyl halides is 1. The molecule has 2 rings (SSSR count). The third-order valence-corrected chi connectivity index (χ3v) is 3.52. The minimum atomic E-state index is -0.430. The van der Waals surface area contributed by atoms with Crippen LogP contribution >= 0.6 is 11.6 Å². The number of anilines is 1. The summed E-state index contributed by atoms with van der Waals surface area (Å²) in [5.74, 6) is 0.932. The molecule has 0 radical (unpaired) electrons. The first-order valence-electron chi connectivity index (χ1n) is 5.99. The van der Waals surface area contributed by atoms with Crippen LogP contribution in [0.15, 0.2) is 18.2 Å². The molecule has 7 heteroatoms. The molecule has 1 atom stereocenters. The highest BCUT2D eigenvalue weighted by Crippen LogP contribution is 2.20. The molecule has 0 bridgehead atoms. The van der Waals surface area contributed by atoms with E-state index >= 15 is 0 Å². The molecular formula is C12H15ClN4O2. The Balaban J connectivity index is 2.15. The van der Waals surface area contributed by atoms with Crippen LogP contribution in [0.2, 0.25) is 0 Å². The Bertz CT molecular complexity index is 596. The second-order valence-electron chi connectivity index (χ2n) is 4.68. The van der Waals surface area contributed by atoms with Crippen LogP contribution in [0.1, 0.15) is 13.8 Å². The summed E-state index contributed by atoms with van der Waals surface area (Å²) in [7, 11) is 0. The lowest BCUT2D eigenvalue weighted by molar-refractivity contribution is -0.384. The molecule has 0 aliphatic carbocycles. The molecule has 2 aromatic rings. The smallest absolute Gasteiger partial charge is 0.271 e. The minimum absolute atomic E-state index is 0.00236. The summed E-state index contributed by atoms with van der Waals surface area (Å²) < 4.78 is 0. The molecule has 0 saturated carbocycles. The Kier molecular flexibility index (Phi) is 3.90. The lowest BCUT2D eigenvalue weighted by Crippen LogP contribution is -2.19. The number of hydrogen-bond acceptors (Lipinski definition) is 4. The molecular weight excluding hydrogens is 268 g/mol. The Morgan fingerprint density at radius 3 is 2.89 bits per heavy atom. The van der Waals surface area contributed by atoms with E-state index in [1.807, 2.05) is 13.8 Å². The first-order valence-corrected chi connectivity index (χ1v) is 6.43. The minimum Gasteiger partial charge on any atom is -0.354 e. The average molecular weight is 283 g/mol. The summed E-state index contributed by atoms with van der Waals surface area (Å²) >= 11 is 6.14. The van der Waals surface area contributed by atoms with Crippen LogP contribution in [0.25, 0.3) is 11.0 Å². The van der Waals surface area contributed by atoms with E-state index in [1.54, 1.807) is 6.07 Å². The van der Waals surface area contributed by atoms with Gasteiger partial charge in [-0.2, -0.15) is 0 Å². The lowest BCUT2D eigenvalue weighted by Gasteiger charge is -2.13. The number of halogens is 1. The summed E-state index contributed by atoms with van der Waals surface area (Å²) in [5.41, 5.74) is 1.36. The summed E-state index contributed by atoms with van der Waals surface area (Å²) in [6.07, 6.45) is 0. The predicted molar refractivity (Wildman–Crippen MR) is 75.7 cm³/mol. The summed E-state index contributed by atoms with van der Waals surface area (Å²) in [5, 5.41) is 13.8. The topological polar surface area (TPSA) is 83.8 Å².